The molecule has 0 amide bonds. The highest BCUT2D eigenvalue weighted by Crippen LogP contribution is 2.22. The molecule has 0 spiro atoms. The molecule has 17 heavy (non-hydrogen) atoms. The van der Waals surface area contributed by atoms with Crippen molar-refractivity contribution in [1.29, 1.82) is 0 Å². The molecule has 90 valence electrons. The maximum absolute atomic E-state index is 11.6. The predicted octanol–water partition coefficient (Wildman–Crippen LogP) is 1.08. The van der Waals surface area contributed by atoms with Crippen molar-refractivity contribution in [3.05, 3.63) is 23.3 Å². The molecule has 1 aromatic heterocycles. The van der Waals surface area contributed by atoms with Crippen LogP contribution in [-0.2, 0) is 15.9 Å². The van der Waals surface area contributed by atoms with E-state index in [1.54, 1.807) is 6.20 Å². The summed E-state index contributed by atoms with van der Waals surface area (Å²) >= 11 is 0. The standard InChI is InChI=1S/C12H14N2O3/c15-10-3-1-2-9-8(10)6-13-12(14-9)11-7-16-4-5-17-11/h6,11H,1-5,7H2. The number of aromatic nitrogens is 2. The minimum atomic E-state index is -0.189. The van der Waals surface area contributed by atoms with Crippen molar-refractivity contribution in [1.82, 2.24) is 9.97 Å². The van der Waals surface area contributed by atoms with Crippen LogP contribution in [0.5, 0.6) is 0 Å². The number of fused-ring (bicyclic) bond motifs is 1. The van der Waals surface area contributed by atoms with Crippen LogP contribution in [0.25, 0.3) is 0 Å². The Morgan fingerprint density at radius 2 is 2.24 bits per heavy atom. The van der Waals surface area contributed by atoms with Crippen molar-refractivity contribution < 1.29 is 14.3 Å². The van der Waals surface area contributed by atoms with Gasteiger partial charge in [0, 0.05) is 12.6 Å². The average molecular weight is 234 g/mol. The number of ketones is 1. The van der Waals surface area contributed by atoms with E-state index in [9.17, 15) is 4.79 Å². The van der Waals surface area contributed by atoms with Crippen molar-refractivity contribution in [3.8, 4) is 0 Å². The van der Waals surface area contributed by atoms with Crippen molar-refractivity contribution in [3.63, 3.8) is 0 Å². The molecule has 2 aliphatic rings. The highest BCUT2D eigenvalue weighted by Gasteiger charge is 2.24. The molecule has 1 unspecified atom stereocenters. The van der Waals surface area contributed by atoms with Crippen LogP contribution in [0.15, 0.2) is 6.20 Å². The zero-order chi connectivity index (χ0) is 11.7. The topological polar surface area (TPSA) is 61.3 Å². The molecule has 1 fully saturated rings. The summed E-state index contributed by atoms with van der Waals surface area (Å²) in [5, 5.41) is 0. The van der Waals surface area contributed by atoms with Crippen molar-refractivity contribution in [2.24, 2.45) is 0 Å². The molecule has 1 aliphatic heterocycles. The van der Waals surface area contributed by atoms with Crippen LogP contribution >= 0.6 is 0 Å². The summed E-state index contributed by atoms with van der Waals surface area (Å²) in [5.41, 5.74) is 1.54. The van der Waals surface area contributed by atoms with Crippen molar-refractivity contribution >= 4 is 5.78 Å². The summed E-state index contributed by atoms with van der Waals surface area (Å²) in [6.07, 6.45) is 3.79. The van der Waals surface area contributed by atoms with E-state index >= 15 is 0 Å². The van der Waals surface area contributed by atoms with Gasteiger partial charge in [-0.25, -0.2) is 9.97 Å². The van der Waals surface area contributed by atoms with Crippen LogP contribution < -0.4 is 0 Å². The SMILES string of the molecule is O=C1CCCc2nc(C3COCCO3)ncc21. The van der Waals surface area contributed by atoms with Gasteiger partial charge in [0.05, 0.1) is 31.1 Å². The number of hydrogen-bond donors (Lipinski definition) is 0. The Labute approximate surface area is 99.2 Å². The molecule has 0 bridgehead atoms. The highest BCUT2D eigenvalue weighted by atomic mass is 16.6. The van der Waals surface area contributed by atoms with E-state index < -0.39 is 0 Å². The summed E-state index contributed by atoms with van der Waals surface area (Å²) < 4.78 is 10.9. The number of nitrogens with zero attached hydrogens (tertiary/aromatic N) is 2. The largest absolute Gasteiger partial charge is 0.376 e. The maximum atomic E-state index is 11.6. The fourth-order valence-corrected chi connectivity index (χ4v) is 2.20. The van der Waals surface area contributed by atoms with Crippen LogP contribution in [0.3, 0.4) is 0 Å². The van der Waals surface area contributed by atoms with Gasteiger partial charge in [-0.1, -0.05) is 0 Å². The second-order valence-corrected chi connectivity index (χ2v) is 4.30. The Balaban J connectivity index is 1.89. The normalized spacial score (nSPS) is 24.5. The monoisotopic (exact) mass is 234 g/mol. The van der Waals surface area contributed by atoms with E-state index in [-0.39, 0.29) is 11.9 Å². The molecule has 1 atom stereocenters. The van der Waals surface area contributed by atoms with E-state index in [1.807, 2.05) is 0 Å². The van der Waals surface area contributed by atoms with Crippen LogP contribution in [0.1, 0.15) is 40.8 Å². The zero-order valence-corrected chi connectivity index (χ0v) is 9.52. The van der Waals surface area contributed by atoms with Gasteiger partial charge in [0.2, 0.25) is 0 Å². The third-order valence-electron chi connectivity index (χ3n) is 3.11. The van der Waals surface area contributed by atoms with Gasteiger partial charge in [-0.2, -0.15) is 0 Å². The molecular weight excluding hydrogens is 220 g/mol. The fraction of sp³-hybridized carbons (Fsp3) is 0.583. The van der Waals surface area contributed by atoms with Gasteiger partial charge < -0.3 is 9.47 Å². The predicted molar refractivity (Wildman–Crippen MR) is 58.8 cm³/mol. The zero-order valence-electron chi connectivity index (χ0n) is 9.52. The number of Topliss-reactive ketones (excluding diaryl/α,β-unsaturated/α-hetero) is 1. The van der Waals surface area contributed by atoms with Gasteiger partial charge in [-0.15, -0.1) is 0 Å². The molecule has 3 rings (SSSR count). The molecule has 0 N–H and O–H groups in total. The lowest BCUT2D eigenvalue weighted by molar-refractivity contribution is -0.0936. The first-order valence-corrected chi connectivity index (χ1v) is 5.93. The minimum Gasteiger partial charge on any atom is -0.376 e. The lowest BCUT2D eigenvalue weighted by Crippen LogP contribution is -2.25. The quantitative estimate of drug-likeness (QED) is 0.727. The van der Waals surface area contributed by atoms with Gasteiger partial charge in [0.1, 0.15) is 6.10 Å². The lowest BCUT2D eigenvalue weighted by atomic mass is 9.96. The van der Waals surface area contributed by atoms with Crippen molar-refractivity contribution in [2.45, 2.75) is 25.4 Å². The third-order valence-corrected chi connectivity index (χ3v) is 3.11. The van der Waals surface area contributed by atoms with Gasteiger partial charge in [-0.3, -0.25) is 4.79 Å². The Hall–Kier alpha value is -1.33. The molecule has 1 aromatic rings. The second kappa shape index (κ2) is 4.50. The highest BCUT2D eigenvalue weighted by molar-refractivity contribution is 5.97. The number of ether oxygens (including phenoxy) is 2. The van der Waals surface area contributed by atoms with Crippen LogP contribution in [-0.4, -0.2) is 35.6 Å². The first kappa shape index (κ1) is 10.8. The summed E-state index contributed by atoms with van der Waals surface area (Å²) in [6, 6.07) is 0. The number of carbonyl (C=O) groups is 1. The molecule has 0 radical (unpaired) electrons. The Bertz CT molecular complexity index is 441. The molecule has 5 nitrogen and oxygen atoms in total. The summed E-state index contributed by atoms with van der Waals surface area (Å²) in [5.74, 6) is 0.789. The average Bonchev–Trinajstić information content (AvgIpc) is 2.40. The maximum Gasteiger partial charge on any atom is 0.166 e. The molecule has 2 heterocycles. The Morgan fingerprint density at radius 1 is 1.29 bits per heavy atom. The van der Waals surface area contributed by atoms with Crippen LogP contribution in [0.2, 0.25) is 0 Å². The first-order chi connectivity index (χ1) is 8.34. The molecule has 1 saturated heterocycles. The van der Waals surface area contributed by atoms with Gasteiger partial charge >= 0.3 is 0 Å². The number of hydrogen-bond acceptors (Lipinski definition) is 5. The number of aryl methyl sites for hydroxylation is 1. The number of carbonyl (C=O) groups excluding carboxylic acids is 1. The van der Waals surface area contributed by atoms with E-state index in [4.69, 9.17) is 9.47 Å². The van der Waals surface area contributed by atoms with E-state index in [2.05, 4.69) is 9.97 Å². The molecule has 0 aromatic carbocycles. The van der Waals surface area contributed by atoms with Gasteiger partial charge in [0.25, 0.3) is 0 Å². The van der Waals surface area contributed by atoms with Gasteiger partial charge in [-0.05, 0) is 12.8 Å². The van der Waals surface area contributed by atoms with E-state index in [1.165, 1.54) is 0 Å². The smallest absolute Gasteiger partial charge is 0.166 e. The van der Waals surface area contributed by atoms with Gasteiger partial charge in [0.15, 0.2) is 11.6 Å². The minimum absolute atomic E-state index is 0.151. The third kappa shape index (κ3) is 2.08. The molecule has 5 heteroatoms. The van der Waals surface area contributed by atoms with Crippen molar-refractivity contribution in [2.75, 3.05) is 19.8 Å². The van der Waals surface area contributed by atoms with Crippen LogP contribution in [0.4, 0.5) is 0 Å². The summed E-state index contributed by atoms with van der Waals surface area (Å²) in [6.45, 7) is 1.69. The van der Waals surface area contributed by atoms with E-state index in [0.717, 1.165) is 18.5 Å². The molecular formula is C12H14N2O3. The van der Waals surface area contributed by atoms with E-state index in [0.29, 0.717) is 37.6 Å². The molecule has 0 saturated carbocycles. The molecule has 1 aliphatic carbocycles. The lowest BCUT2D eigenvalue weighted by Gasteiger charge is -2.23. The first-order valence-electron chi connectivity index (χ1n) is 5.93. The Kier molecular flexibility index (Phi) is 2.86. The fourth-order valence-electron chi connectivity index (χ4n) is 2.20. The second-order valence-electron chi connectivity index (χ2n) is 4.30. The summed E-state index contributed by atoms with van der Waals surface area (Å²) in [7, 11) is 0. The summed E-state index contributed by atoms with van der Waals surface area (Å²) in [4.78, 5) is 20.3. The Morgan fingerprint density at radius 3 is 3.06 bits per heavy atom. The van der Waals surface area contributed by atoms with Crippen LogP contribution in [0, 0.1) is 0 Å². The number of rotatable bonds is 1.